The van der Waals surface area contributed by atoms with Crippen LogP contribution >= 0.6 is 0 Å². The largest absolute Gasteiger partial charge is 0.392 e. The lowest BCUT2D eigenvalue weighted by atomic mass is 9.88. The number of ketones is 1. The van der Waals surface area contributed by atoms with Gasteiger partial charge in [-0.05, 0) is 33.9 Å². The normalized spacial score (nSPS) is 12.2. The second-order valence-electron chi connectivity index (χ2n) is 6.19. The molecule has 0 aromatic heterocycles. The Morgan fingerprint density at radius 3 is 2.25 bits per heavy atom. The second kappa shape index (κ2) is 7.41. The highest BCUT2D eigenvalue weighted by Crippen LogP contribution is 2.24. The van der Waals surface area contributed by atoms with Crippen molar-refractivity contribution in [2.45, 2.75) is 32.3 Å². The molecule has 3 aromatic rings. The van der Waals surface area contributed by atoms with E-state index in [9.17, 15) is 4.79 Å². The van der Waals surface area contributed by atoms with E-state index in [0.29, 0.717) is 6.42 Å². The maximum absolute atomic E-state index is 12.8. The maximum atomic E-state index is 12.8. The van der Waals surface area contributed by atoms with Gasteiger partial charge in [0.25, 0.3) is 0 Å². The van der Waals surface area contributed by atoms with Gasteiger partial charge in [0.2, 0.25) is 0 Å². The molecular weight excluding hydrogens is 296 g/mol. The van der Waals surface area contributed by atoms with Crippen LogP contribution in [0.25, 0.3) is 10.8 Å². The van der Waals surface area contributed by atoms with Gasteiger partial charge in [-0.25, -0.2) is 0 Å². The van der Waals surface area contributed by atoms with Crippen LogP contribution in [0, 0.1) is 0 Å². The van der Waals surface area contributed by atoms with E-state index < -0.39 is 0 Å². The number of carbonyl (C=O) groups is 1. The Morgan fingerprint density at radius 2 is 1.58 bits per heavy atom. The van der Waals surface area contributed by atoms with Gasteiger partial charge in [-0.1, -0.05) is 73.7 Å². The topological polar surface area (TPSA) is 37.3 Å². The first-order valence-corrected chi connectivity index (χ1v) is 8.41. The molecular formula is C22H22O2. The number of hydrogen-bond acceptors (Lipinski definition) is 2. The second-order valence-corrected chi connectivity index (χ2v) is 6.19. The summed E-state index contributed by atoms with van der Waals surface area (Å²) in [5.74, 6) is 0.147. The molecule has 1 unspecified atom stereocenters. The summed E-state index contributed by atoms with van der Waals surface area (Å²) in [6.45, 7) is 2.07. The van der Waals surface area contributed by atoms with Crippen LogP contribution in [0.1, 0.15) is 36.0 Å². The molecule has 0 amide bonds. The Balaban J connectivity index is 1.79. The molecule has 0 aliphatic carbocycles. The molecule has 0 aliphatic rings. The van der Waals surface area contributed by atoms with E-state index in [-0.39, 0.29) is 18.3 Å². The molecule has 122 valence electrons. The lowest BCUT2D eigenvalue weighted by Gasteiger charge is -2.15. The average molecular weight is 318 g/mol. The first kappa shape index (κ1) is 16.4. The van der Waals surface area contributed by atoms with Crippen LogP contribution in [0.3, 0.4) is 0 Å². The Kier molecular flexibility index (Phi) is 5.07. The van der Waals surface area contributed by atoms with Gasteiger partial charge in [-0.15, -0.1) is 0 Å². The number of Topliss-reactive ketones (excluding diaryl/α,β-unsaturated/α-hetero) is 1. The molecule has 0 aliphatic heterocycles. The van der Waals surface area contributed by atoms with Crippen LogP contribution in [0.15, 0.2) is 66.7 Å². The molecule has 1 N–H and O–H groups in total. The molecule has 3 aromatic carbocycles. The number of aliphatic hydroxyl groups is 1. The first-order valence-electron chi connectivity index (χ1n) is 8.41. The number of rotatable bonds is 6. The van der Waals surface area contributed by atoms with E-state index >= 15 is 0 Å². The monoisotopic (exact) mass is 318 g/mol. The van der Waals surface area contributed by atoms with Crippen LogP contribution in [0.4, 0.5) is 0 Å². The summed E-state index contributed by atoms with van der Waals surface area (Å²) in [5.41, 5.74) is 2.96. The smallest absolute Gasteiger partial charge is 0.144 e. The van der Waals surface area contributed by atoms with Gasteiger partial charge in [-0.3, -0.25) is 4.79 Å². The van der Waals surface area contributed by atoms with E-state index in [0.717, 1.165) is 23.1 Å². The van der Waals surface area contributed by atoms with Crippen molar-refractivity contribution in [3.63, 3.8) is 0 Å². The third-order valence-electron chi connectivity index (χ3n) is 4.55. The first-order chi connectivity index (χ1) is 11.7. The van der Waals surface area contributed by atoms with Crippen LogP contribution in [0.5, 0.6) is 0 Å². The summed E-state index contributed by atoms with van der Waals surface area (Å²) < 4.78 is 0. The van der Waals surface area contributed by atoms with E-state index in [4.69, 9.17) is 5.11 Å². The Hall–Kier alpha value is -2.45. The van der Waals surface area contributed by atoms with E-state index in [1.54, 1.807) is 0 Å². The predicted octanol–water partition coefficient (Wildman–Crippen LogP) is 4.64. The number of benzene rings is 3. The molecule has 0 saturated heterocycles. The van der Waals surface area contributed by atoms with Crippen LogP contribution in [0.2, 0.25) is 0 Å². The van der Waals surface area contributed by atoms with Gasteiger partial charge in [0.15, 0.2) is 0 Å². The summed E-state index contributed by atoms with van der Waals surface area (Å²) in [5, 5.41) is 11.5. The van der Waals surface area contributed by atoms with Gasteiger partial charge in [0, 0.05) is 12.3 Å². The molecule has 2 nitrogen and oxygen atoms in total. The molecule has 0 bridgehead atoms. The zero-order chi connectivity index (χ0) is 16.9. The number of hydrogen-bond donors (Lipinski definition) is 1. The fourth-order valence-electron chi connectivity index (χ4n) is 3.18. The van der Waals surface area contributed by atoms with Crippen LogP contribution < -0.4 is 0 Å². The summed E-state index contributed by atoms with van der Waals surface area (Å²) in [6, 6.07) is 22.1. The van der Waals surface area contributed by atoms with E-state index in [1.165, 1.54) is 10.8 Å². The number of carbonyl (C=O) groups excluding carboxylic acids is 1. The van der Waals surface area contributed by atoms with Crippen molar-refractivity contribution in [2.24, 2.45) is 0 Å². The van der Waals surface area contributed by atoms with Crippen molar-refractivity contribution in [1.29, 1.82) is 0 Å². The highest BCUT2D eigenvalue weighted by Gasteiger charge is 2.19. The maximum Gasteiger partial charge on any atom is 0.144 e. The standard InChI is InChI=1S/C22H22O2/c1-2-21(19-11-7-16(15-23)8-12-19)22(24)14-17-9-10-18-5-3-4-6-20(18)13-17/h3-13,21,23H,2,14-15H2,1H3. The predicted molar refractivity (Wildman–Crippen MR) is 98.1 cm³/mol. The Labute approximate surface area is 142 Å². The third kappa shape index (κ3) is 3.55. The Morgan fingerprint density at radius 1 is 0.917 bits per heavy atom. The molecule has 2 heteroatoms. The van der Waals surface area contributed by atoms with Gasteiger partial charge in [0.1, 0.15) is 5.78 Å². The van der Waals surface area contributed by atoms with E-state index in [1.807, 2.05) is 49.4 Å². The summed E-state index contributed by atoms with van der Waals surface area (Å²) in [4.78, 5) is 12.8. The minimum atomic E-state index is -0.0933. The van der Waals surface area contributed by atoms with Gasteiger partial charge < -0.3 is 5.11 Å². The van der Waals surface area contributed by atoms with Crippen molar-refractivity contribution in [1.82, 2.24) is 0 Å². The summed E-state index contributed by atoms with van der Waals surface area (Å²) in [6.07, 6.45) is 1.23. The molecule has 0 heterocycles. The summed E-state index contributed by atoms with van der Waals surface area (Å²) in [7, 11) is 0. The Bertz CT molecular complexity index is 834. The lowest BCUT2D eigenvalue weighted by molar-refractivity contribution is -0.119. The molecule has 3 rings (SSSR count). The average Bonchev–Trinajstić information content (AvgIpc) is 2.63. The zero-order valence-corrected chi connectivity index (χ0v) is 13.9. The molecule has 0 spiro atoms. The van der Waals surface area contributed by atoms with Crippen molar-refractivity contribution < 1.29 is 9.90 Å². The quantitative estimate of drug-likeness (QED) is 0.719. The van der Waals surface area contributed by atoms with Crippen LogP contribution in [-0.2, 0) is 17.8 Å². The zero-order valence-electron chi connectivity index (χ0n) is 13.9. The minimum absolute atomic E-state index is 0.0299. The fraction of sp³-hybridized carbons (Fsp3) is 0.227. The molecule has 24 heavy (non-hydrogen) atoms. The molecule has 1 atom stereocenters. The van der Waals surface area contributed by atoms with Crippen molar-refractivity contribution in [3.8, 4) is 0 Å². The third-order valence-corrected chi connectivity index (χ3v) is 4.55. The van der Waals surface area contributed by atoms with E-state index in [2.05, 4.69) is 24.3 Å². The van der Waals surface area contributed by atoms with Crippen molar-refractivity contribution in [2.75, 3.05) is 0 Å². The lowest BCUT2D eigenvalue weighted by Crippen LogP contribution is -2.14. The molecule has 0 saturated carbocycles. The van der Waals surface area contributed by atoms with Gasteiger partial charge in [0.05, 0.1) is 6.61 Å². The van der Waals surface area contributed by atoms with Crippen molar-refractivity contribution in [3.05, 3.63) is 83.4 Å². The van der Waals surface area contributed by atoms with Gasteiger partial charge in [-0.2, -0.15) is 0 Å². The highest BCUT2D eigenvalue weighted by molar-refractivity contribution is 5.89. The highest BCUT2D eigenvalue weighted by atomic mass is 16.3. The SMILES string of the molecule is CCC(C(=O)Cc1ccc2ccccc2c1)c1ccc(CO)cc1. The summed E-state index contributed by atoms with van der Waals surface area (Å²) >= 11 is 0. The number of aliphatic hydroxyl groups excluding tert-OH is 1. The fourth-order valence-corrected chi connectivity index (χ4v) is 3.18. The van der Waals surface area contributed by atoms with Gasteiger partial charge >= 0.3 is 0 Å². The van der Waals surface area contributed by atoms with Crippen LogP contribution in [-0.4, -0.2) is 10.9 Å². The molecule has 0 radical (unpaired) electrons. The number of fused-ring (bicyclic) bond motifs is 1. The minimum Gasteiger partial charge on any atom is -0.392 e. The molecule has 0 fully saturated rings. The van der Waals surface area contributed by atoms with Crippen molar-refractivity contribution >= 4 is 16.6 Å².